The molecule has 1 aromatic heterocycles. The van der Waals surface area contributed by atoms with E-state index in [0.717, 1.165) is 17.7 Å². The van der Waals surface area contributed by atoms with Gasteiger partial charge in [-0.2, -0.15) is 0 Å². The van der Waals surface area contributed by atoms with E-state index in [9.17, 15) is 0 Å². The number of nitrogens with zero attached hydrogens (tertiary/aromatic N) is 1. The van der Waals surface area contributed by atoms with Crippen molar-refractivity contribution in [3.63, 3.8) is 0 Å². The minimum atomic E-state index is 0.0263. The lowest BCUT2D eigenvalue weighted by Crippen LogP contribution is -2.19. The van der Waals surface area contributed by atoms with Crippen LogP contribution in [0.25, 0.3) is 0 Å². The fourth-order valence-electron chi connectivity index (χ4n) is 1.82. The highest BCUT2D eigenvalue weighted by molar-refractivity contribution is 5.33. The van der Waals surface area contributed by atoms with E-state index >= 15 is 0 Å². The summed E-state index contributed by atoms with van der Waals surface area (Å²) in [6.07, 6.45) is 1.70. The molecule has 2 rings (SSSR count). The van der Waals surface area contributed by atoms with E-state index in [2.05, 4.69) is 10.3 Å². The molecule has 0 saturated carbocycles. The molecule has 2 aromatic rings. The van der Waals surface area contributed by atoms with Crippen molar-refractivity contribution >= 4 is 0 Å². The molecule has 0 aliphatic rings. The Bertz CT molecular complexity index is 543. The summed E-state index contributed by atoms with van der Waals surface area (Å²) in [5, 5.41) is 12.3. The van der Waals surface area contributed by atoms with Crippen molar-refractivity contribution in [1.82, 2.24) is 10.3 Å². The van der Waals surface area contributed by atoms with Crippen molar-refractivity contribution in [3.8, 4) is 11.6 Å². The van der Waals surface area contributed by atoms with Crippen molar-refractivity contribution in [2.45, 2.75) is 13.2 Å². The number of hydrogen-bond donors (Lipinski definition) is 2. The van der Waals surface area contributed by atoms with E-state index in [0.29, 0.717) is 24.8 Å². The lowest BCUT2D eigenvalue weighted by Gasteiger charge is -2.11. The number of ether oxygens (including phenoxy) is 2. The SMILES string of the molecule is COCCNCc1cccnc1Oc1ccc(CO)cc1. The number of benzene rings is 1. The zero-order valence-electron chi connectivity index (χ0n) is 12.1. The topological polar surface area (TPSA) is 63.6 Å². The Morgan fingerprint density at radius 2 is 2.00 bits per heavy atom. The van der Waals surface area contributed by atoms with Gasteiger partial charge >= 0.3 is 0 Å². The van der Waals surface area contributed by atoms with E-state index < -0.39 is 0 Å². The number of rotatable bonds is 8. The third-order valence-electron chi connectivity index (χ3n) is 2.97. The minimum absolute atomic E-state index is 0.0263. The smallest absolute Gasteiger partial charge is 0.223 e. The Morgan fingerprint density at radius 3 is 2.71 bits per heavy atom. The first-order valence-corrected chi connectivity index (χ1v) is 6.84. The molecule has 0 bridgehead atoms. The van der Waals surface area contributed by atoms with Crippen LogP contribution in [0.15, 0.2) is 42.6 Å². The largest absolute Gasteiger partial charge is 0.439 e. The lowest BCUT2D eigenvalue weighted by molar-refractivity contribution is 0.199. The molecule has 0 radical (unpaired) electrons. The van der Waals surface area contributed by atoms with Crippen LogP contribution in [0.4, 0.5) is 0 Å². The Balaban J connectivity index is 2.01. The zero-order valence-corrected chi connectivity index (χ0v) is 12.1. The van der Waals surface area contributed by atoms with Gasteiger partial charge in [-0.05, 0) is 23.8 Å². The summed E-state index contributed by atoms with van der Waals surface area (Å²) in [5.74, 6) is 1.28. The third-order valence-corrected chi connectivity index (χ3v) is 2.97. The molecule has 1 heterocycles. The number of aromatic nitrogens is 1. The lowest BCUT2D eigenvalue weighted by atomic mass is 10.2. The number of hydrogen-bond acceptors (Lipinski definition) is 5. The van der Waals surface area contributed by atoms with Gasteiger partial charge < -0.3 is 19.9 Å². The summed E-state index contributed by atoms with van der Waals surface area (Å²) in [4.78, 5) is 4.27. The van der Waals surface area contributed by atoms with Crippen LogP contribution in [-0.2, 0) is 17.9 Å². The molecule has 0 unspecified atom stereocenters. The van der Waals surface area contributed by atoms with Crippen molar-refractivity contribution in [2.75, 3.05) is 20.3 Å². The molecule has 5 heteroatoms. The summed E-state index contributed by atoms with van der Waals surface area (Å²) >= 11 is 0. The molecule has 0 atom stereocenters. The second-order valence-corrected chi connectivity index (χ2v) is 4.54. The first-order valence-electron chi connectivity index (χ1n) is 6.84. The molecule has 2 N–H and O–H groups in total. The van der Waals surface area contributed by atoms with Crippen molar-refractivity contribution in [3.05, 3.63) is 53.7 Å². The standard InChI is InChI=1S/C16H20N2O3/c1-20-10-9-17-11-14-3-2-8-18-16(14)21-15-6-4-13(12-19)5-7-15/h2-8,17,19H,9-12H2,1H3. The van der Waals surface area contributed by atoms with E-state index in [-0.39, 0.29) is 6.61 Å². The Morgan fingerprint density at radius 1 is 1.19 bits per heavy atom. The predicted octanol–water partition coefficient (Wildman–Crippen LogP) is 2.10. The summed E-state index contributed by atoms with van der Waals surface area (Å²) in [6.45, 7) is 2.13. The van der Waals surface area contributed by atoms with Gasteiger partial charge in [0.2, 0.25) is 5.88 Å². The van der Waals surface area contributed by atoms with Gasteiger partial charge in [-0.1, -0.05) is 18.2 Å². The van der Waals surface area contributed by atoms with Gasteiger partial charge in [-0.15, -0.1) is 0 Å². The molecule has 0 aliphatic carbocycles. The van der Waals surface area contributed by atoms with Crippen molar-refractivity contribution < 1.29 is 14.6 Å². The average molecular weight is 288 g/mol. The van der Waals surface area contributed by atoms with Crippen LogP contribution in [0.2, 0.25) is 0 Å². The van der Waals surface area contributed by atoms with Crippen LogP contribution in [0.1, 0.15) is 11.1 Å². The molecule has 0 aliphatic heterocycles. The number of methoxy groups -OCH3 is 1. The molecule has 0 saturated heterocycles. The number of nitrogens with one attached hydrogen (secondary N) is 1. The number of aliphatic hydroxyl groups is 1. The molecular weight excluding hydrogens is 268 g/mol. The van der Waals surface area contributed by atoms with Gasteiger partial charge in [-0.25, -0.2) is 4.98 Å². The van der Waals surface area contributed by atoms with E-state index in [4.69, 9.17) is 14.6 Å². The number of pyridine rings is 1. The van der Waals surface area contributed by atoms with E-state index in [1.165, 1.54) is 0 Å². The van der Waals surface area contributed by atoms with Gasteiger partial charge in [0, 0.05) is 32.0 Å². The van der Waals surface area contributed by atoms with Crippen LogP contribution < -0.4 is 10.1 Å². The Hall–Kier alpha value is -1.95. The Labute approximate surface area is 124 Å². The van der Waals surface area contributed by atoms with Gasteiger partial charge in [-0.3, -0.25) is 0 Å². The Kier molecular flexibility index (Phi) is 6.15. The maximum absolute atomic E-state index is 9.03. The minimum Gasteiger partial charge on any atom is -0.439 e. The molecule has 0 fully saturated rings. The highest BCUT2D eigenvalue weighted by Crippen LogP contribution is 2.23. The van der Waals surface area contributed by atoms with Crippen LogP contribution in [-0.4, -0.2) is 30.4 Å². The zero-order chi connectivity index (χ0) is 14.9. The first kappa shape index (κ1) is 15.4. The molecule has 112 valence electrons. The molecule has 21 heavy (non-hydrogen) atoms. The maximum atomic E-state index is 9.03. The molecular formula is C16H20N2O3. The molecule has 5 nitrogen and oxygen atoms in total. The third kappa shape index (κ3) is 4.82. The predicted molar refractivity (Wildman–Crippen MR) is 80.3 cm³/mol. The average Bonchev–Trinajstić information content (AvgIpc) is 2.54. The van der Waals surface area contributed by atoms with Gasteiger partial charge in [0.05, 0.1) is 13.2 Å². The maximum Gasteiger partial charge on any atom is 0.223 e. The summed E-state index contributed by atoms with van der Waals surface area (Å²) < 4.78 is 10.8. The van der Waals surface area contributed by atoms with Crippen LogP contribution in [0.5, 0.6) is 11.6 Å². The molecule has 0 spiro atoms. The van der Waals surface area contributed by atoms with Gasteiger partial charge in [0.1, 0.15) is 5.75 Å². The first-order chi connectivity index (χ1) is 10.3. The van der Waals surface area contributed by atoms with E-state index in [1.54, 1.807) is 13.3 Å². The second kappa shape index (κ2) is 8.36. The highest BCUT2D eigenvalue weighted by atomic mass is 16.5. The van der Waals surface area contributed by atoms with Crippen LogP contribution in [0.3, 0.4) is 0 Å². The fourth-order valence-corrected chi connectivity index (χ4v) is 1.82. The van der Waals surface area contributed by atoms with E-state index in [1.807, 2.05) is 36.4 Å². The van der Waals surface area contributed by atoms with Crippen LogP contribution in [0, 0.1) is 0 Å². The van der Waals surface area contributed by atoms with Gasteiger partial charge in [0.15, 0.2) is 0 Å². The van der Waals surface area contributed by atoms with Crippen molar-refractivity contribution in [2.24, 2.45) is 0 Å². The normalized spacial score (nSPS) is 10.6. The highest BCUT2D eigenvalue weighted by Gasteiger charge is 2.06. The molecule has 0 amide bonds. The number of aliphatic hydroxyl groups excluding tert-OH is 1. The van der Waals surface area contributed by atoms with Crippen molar-refractivity contribution in [1.29, 1.82) is 0 Å². The molecule has 1 aromatic carbocycles. The monoisotopic (exact) mass is 288 g/mol. The summed E-state index contributed by atoms with van der Waals surface area (Å²) in [7, 11) is 1.68. The fraction of sp³-hybridized carbons (Fsp3) is 0.312. The van der Waals surface area contributed by atoms with Crippen LogP contribution >= 0.6 is 0 Å². The van der Waals surface area contributed by atoms with Gasteiger partial charge in [0.25, 0.3) is 0 Å². The quantitative estimate of drug-likeness (QED) is 0.728. The summed E-state index contributed by atoms with van der Waals surface area (Å²) in [5.41, 5.74) is 1.84. The second-order valence-electron chi connectivity index (χ2n) is 4.54. The summed E-state index contributed by atoms with van der Waals surface area (Å²) in [6, 6.07) is 11.2.